The maximum absolute atomic E-state index is 13.0. The van der Waals surface area contributed by atoms with Crippen LogP contribution in [0, 0.1) is 0 Å². The number of H-pyrrole nitrogens is 1. The third-order valence-electron chi connectivity index (χ3n) is 5.25. The summed E-state index contributed by atoms with van der Waals surface area (Å²) >= 11 is 0. The molecule has 1 unspecified atom stereocenters. The summed E-state index contributed by atoms with van der Waals surface area (Å²) in [4.78, 5) is 34.0. The molecule has 6 nitrogen and oxygen atoms in total. The van der Waals surface area contributed by atoms with E-state index >= 15 is 0 Å². The van der Waals surface area contributed by atoms with Crippen LogP contribution in [0.3, 0.4) is 0 Å². The van der Waals surface area contributed by atoms with Crippen molar-refractivity contribution in [1.29, 1.82) is 0 Å². The topological polar surface area (TPSA) is 78.1 Å². The van der Waals surface area contributed by atoms with E-state index in [4.69, 9.17) is 4.98 Å². The van der Waals surface area contributed by atoms with Crippen LogP contribution in [0.5, 0.6) is 0 Å². The molecule has 1 atom stereocenters. The molecule has 144 valence electrons. The zero-order valence-electron chi connectivity index (χ0n) is 15.9. The van der Waals surface area contributed by atoms with Crippen molar-refractivity contribution < 1.29 is 9.59 Å². The van der Waals surface area contributed by atoms with Crippen LogP contribution in [0.4, 0.5) is 0 Å². The molecular weight excluding hydrogens is 352 g/mol. The molecule has 0 saturated carbocycles. The average molecular weight is 376 g/mol. The second-order valence-electron chi connectivity index (χ2n) is 7.34. The number of nitrogens with one attached hydrogen (secondary N) is 2. The van der Waals surface area contributed by atoms with Crippen molar-refractivity contribution >= 4 is 22.8 Å². The number of aromatic amines is 1. The minimum absolute atomic E-state index is 0.0480. The highest BCUT2D eigenvalue weighted by Gasteiger charge is 2.27. The molecule has 1 fully saturated rings. The fourth-order valence-electron chi connectivity index (χ4n) is 3.72. The number of aromatic nitrogens is 2. The molecule has 2 amide bonds. The molecule has 1 aromatic heterocycles. The predicted octanol–water partition coefficient (Wildman–Crippen LogP) is 3.22. The molecule has 6 heteroatoms. The van der Waals surface area contributed by atoms with Gasteiger partial charge in [-0.05, 0) is 42.7 Å². The van der Waals surface area contributed by atoms with Crippen molar-refractivity contribution in [3.05, 3.63) is 65.5 Å². The Balaban J connectivity index is 1.45. The first-order valence-corrected chi connectivity index (χ1v) is 9.67. The van der Waals surface area contributed by atoms with Crippen molar-refractivity contribution in [3.63, 3.8) is 0 Å². The minimum Gasteiger partial charge on any atom is -0.352 e. The number of benzene rings is 2. The number of likely N-dealkylation sites (tertiary alicyclic amines) is 1. The van der Waals surface area contributed by atoms with Gasteiger partial charge in [0.1, 0.15) is 5.82 Å². The summed E-state index contributed by atoms with van der Waals surface area (Å²) < 4.78 is 0. The van der Waals surface area contributed by atoms with E-state index in [9.17, 15) is 9.59 Å². The van der Waals surface area contributed by atoms with E-state index in [1.807, 2.05) is 53.4 Å². The molecule has 1 aliphatic heterocycles. The zero-order valence-corrected chi connectivity index (χ0v) is 15.9. The highest BCUT2D eigenvalue weighted by Crippen LogP contribution is 2.27. The lowest BCUT2D eigenvalue weighted by atomic mass is 9.96. The van der Waals surface area contributed by atoms with Gasteiger partial charge in [0.15, 0.2) is 0 Å². The average Bonchev–Trinajstić information content (AvgIpc) is 3.16. The van der Waals surface area contributed by atoms with Gasteiger partial charge in [-0.25, -0.2) is 4.98 Å². The van der Waals surface area contributed by atoms with Crippen LogP contribution in [0.1, 0.15) is 47.4 Å². The largest absolute Gasteiger partial charge is 0.352 e. The number of hydrogen-bond acceptors (Lipinski definition) is 3. The molecule has 1 aliphatic rings. The summed E-state index contributed by atoms with van der Waals surface area (Å²) in [7, 11) is 0. The summed E-state index contributed by atoms with van der Waals surface area (Å²) in [5.41, 5.74) is 3.66. The fourth-order valence-corrected chi connectivity index (χ4v) is 3.72. The molecule has 0 radical (unpaired) electrons. The molecule has 2 N–H and O–H groups in total. The van der Waals surface area contributed by atoms with E-state index in [0.29, 0.717) is 18.7 Å². The zero-order chi connectivity index (χ0) is 19.5. The van der Waals surface area contributed by atoms with Gasteiger partial charge in [0.05, 0.1) is 11.0 Å². The smallest absolute Gasteiger partial charge is 0.253 e. The van der Waals surface area contributed by atoms with Gasteiger partial charge in [0.25, 0.3) is 5.91 Å². The number of carbonyl (C=O) groups excluding carboxylic acids is 2. The van der Waals surface area contributed by atoms with Gasteiger partial charge in [0.2, 0.25) is 5.91 Å². The van der Waals surface area contributed by atoms with E-state index in [2.05, 4.69) is 10.3 Å². The van der Waals surface area contributed by atoms with E-state index in [1.165, 1.54) is 6.92 Å². The van der Waals surface area contributed by atoms with Gasteiger partial charge in [-0.15, -0.1) is 0 Å². The standard InChI is InChI=1S/C22H24N4O2/c1-15(27)23-13-16-8-10-17(11-9-16)22(28)26-12-4-5-18(14-26)21-24-19-6-2-3-7-20(19)25-21/h2-3,6-11,18H,4-5,12-14H2,1H3,(H,23,27)(H,24,25). The molecule has 0 spiro atoms. The van der Waals surface area contributed by atoms with E-state index in [-0.39, 0.29) is 17.7 Å². The Bertz CT molecular complexity index is 960. The van der Waals surface area contributed by atoms with Crippen LogP contribution >= 0.6 is 0 Å². The van der Waals surface area contributed by atoms with E-state index in [0.717, 1.165) is 41.8 Å². The molecule has 3 aromatic rings. The number of para-hydroxylation sites is 2. The lowest BCUT2D eigenvalue weighted by Crippen LogP contribution is -2.39. The molecular formula is C22H24N4O2. The Labute approximate surface area is 164 Å². The van der Waals surface area contributed by atoms with Gasteiger partial charge < -0.3 is 15.2 Å². The number of piperidine rings is 1. The van der Waals surface area contributed by atoms with Crippen LogP contribution in [0.15, 0.2) is 48.5 Å². The minimum atomic E-state index is -0.0647. The summed E-state index contributed by atoms with van der Waals surface area (Å²) in [6, 6.07) is 15.5. The number of hydrogen-bond donors (Lipinski definition) is 2. The van der Waals surface area contributed by atoms with Crippen molar-refractivity contribution in [2.24, 2.45) is 0 Å². The Morgan fingerprint density at radius 2 is 1.96 bits per heavy atom. The number of imidazole rings is 1. The quantitative estimate of drug-likeness (QED) is 0.734. The maximum Gasteiger partial charge on any atom is 0.253 e. The Morgan fingerprint density at radius 1 is 1.18 bits per heavy atom. The van der Waals surface area contributed by atoms with Gasteiger partial charge in [-0.3, -0.25) is 9.59 Å². The number of amides is 2. The lowest BCUT2D eigenvalue weighted by Gasteiger charge is -2.32. The maximum atomic E-state index is 13.0. The molecule has 0 bridgehead atoms. The van der Waals surface area contributed by atoms with Crippen molar-refractivity contribution in [3.8, 4) is 0 Å². The number of rotatable bonds is 4. The van der Waals surface area contributed by atoms with Crippen LogP contribution in [-0.2, 0) is 11.3 Å². The van der Waals surface area contributed by atoms with Crippen LogP contribution < -0.4 is 5.32 Å². The Kier molecular flexibility index (Phi) is 5.10. The number of nitrogens with zero attached hydrogens (tertiary/aromatic N) is 2. The molecule has 4 rings (SSSR count). The molecule has 28 heavy (non-hydrogen) atoms. The molecule has 2 heterocycles. The van der Waals surface area contributed by atoms with Crippen LogP contribution in [0.25, 0.3) is 11.0 Å². The van der Waals surface area contributed by atoms with E-state index < -0.39 is 0 Å². The van der Waals surface area contributed by atoms with Gasteiger partial charge >= 0.3 is 0 Å². The lowest BCUT2D eigenvalue weighted by molar-refractivity contribution is -0.119. The monoisotopic (exact) mass is 376 g/mol. The number of carbonyl (C=O) groups is 2. The Morgan fingerprint density at radius 3 is 2.71 bits per heavy atom. The van der Waals surface area contributed by atoms with Crippen LogP contribution in [-0.4, -0.2) is 39.8 Å². The first kappa shape index (κ1) is 18.2. The first-order valence-electron chi connectivity index (χ1n) is 9.67. The summed E-state index contributed by atoms with van der Waals surface area (Å²) in [5.74, 6) is 1.17. The van der Waals surface area contributed by atoms with Gasteiger partial charge in [0, 0.05) is 38.0 Å². The normalized spacial score (nSPS) is 16.9. The first-order chi connectivity index (χ1) is 13.6. The predicted molar refractivity (Wildman–Crippen MR) is 108 cm³/mol. The van der Waals surface area contributed by atoms with Gasteiger partial charge in [-0.2, -0.15) is 0 Å². The summed E-state index contributed by atoms with van der Waals surface area (Å²) in [6.07, 6.45) is 1.99. The molecule has 1 saturated heterocycles. The third-order valence-corrected chi connectivity index (χ3v) is 5.25. The fraction of sp³-hybridized carbons (Fsp3) is 0.318. The molecule has 0 aliphatic carbocycles. The van der Waals surface area contributed by atoms with Gasteiger partial charge in [-0.1, -0.05) is 24.3 Å². The Hall–Kier alpha value is -3.15. The highest BCUT2D eigenvalue weighted by atomic mass is 16.2. The van der Waals surface area contributed by atoms with Crippen molar-refractivity contribution in [2.45, 2.75) is 32.2 Å². The summed E-state index contributed by atoms with van der Waals surface area (Å²) in [6.45, 7) is 3.41. The van der Waals surface area contributed by atoms with Crippen LogP contribution in [0.2, 0.25) is 0 Å². The second kappa shape index (κ2) is 7.84. The number of fused-ring (bicyclic) bond motifs is 1. The SMILES string of the molecule is CC(=O)NCc1ccc(C(=O)N2CCCC(c3nc4ccccc4[nH]3)C2)cc1. The summed E-state index contributed by atoms with van der Waals surface area (Å²) in [5, 5.41) is 2.76. The van der Waals surface area contributed by atoms with Crippen molar-refractivity contribution in [2.75, 3.05) is 13.1 Å². The van der Waals surface area contributed by atoms with E-state index in [1.54, 1.807) is 0 Å². The van der Waals surface area contributed by atoms with Crippen molar-refractivity contribution in [1.82, 2.24) is 20.2 Å². The molecule has 2 aromatic carbocycles. The highest BCUT2D eigenvalue weighted by molar-refractivity contribution is 5.94. The third kappa shape index (κ3) is 3.91. The second-order valence-corrected chi connectivity index (χ2v) is 7.34.